The van der Waals surface area contributed by atoms with E-state index in [0.717, 1.165) is 13.0 Å². The number of aromatic nitrogens is 1. The fourth-order valence-corrected chi connectivity index (χ4v) is 1.41. The minimum atomic E-state index is 0.0374. The number of amides is 1. The Morgan fingerprint density at radius 1 is 1.41 bits per heavy atom. The van der Waals surface area contributed by atoms with Gasteiger partial charge in [0.2, 0.25) is 6.54 Å². The van der Waals surface area contributed by atoms with E-state index in [1.165, 1.54) is 5.56 Å². The summed E-state index contributed by atoms with van der Waals surface area (Å²) in [6.45, 7) is 6.46. The molecule has 17 heavy (non-hydrogen) atoms. The molecule has 0 fully saturated rings. The molecular formula is C13H21N2O2+. The van der Waals surface area contributed by atoms with Gasteiger partial charge in [0.05, 0.1) is 0 Å². The van der Waals surface area contributed by atoms with Crippen molar-refractivity contribution < 1.29 is 14.1 Å². The first-order chi connectivity index (χ1) is 8.22. The third-order valence-electron chi connectivity index (χ3n) is 2.38. The molecule has 1 amide bonds. The van der Waals surface area contributed by atoms with Crippen molar-refractivity contribution in [3.8, 4) is 0 Å². The third-order valence-corrected chi connectivity index (χ3v) is 2.38. The van der Waals surface area contributed by atoms with Crippen LogP contribution in [-0.4, -0.2) is 25.7 Å². The van der Waals surface area contributed by atoms with Gasteiger partial charge in [0.1, 0.15) is 0 Å². The lowest BCUT2D eigenvalue weighted by Gasteiger charge is -2.03. The van der Waals surface area contributed by atoms with Crippen LogP contribution in [0.25, 0.3) is 0 Å². The highest BCUT2D eigenvalue weighted by molar-refractivity contribution is 5.74. The van der Waals surface area contributed by atoms with Crippen molar-refractivity contribution in [2.24, 2.45) is 0 Å². The minimum absolute atomic E-state index is 0.0374. The number of nitrogens with one attached hydrogen (secondary N) is 1. The van der Waals surface area contributed by atoms with Crippen molar-refractivity contribution in [2.45, 2.75) is 26.8 Å². The van der Waals surface area contributed by atoms with Crippen LogP contribution in [0.5, 0.6) is 0 Å². The monoisotopic (exact) mass is 237 g/mol. The topological polar surface area (TPSA) is 42.2 Å². The Balaban J connectivity index is 2.18. The Labute approximate surface area is 103 Å². The van der Waals surface area contributed by atoms with Crippen LogP contribution in [0.3, 0.4) is 0 Å². The lowest BCUT2D eigenvalue weighted by molar-refractivity contribution is -0.684. The van der Waals surface area contributed by atoms with Crippen LogP contribution in [0, 0.1) is 6.92 Å². The van der Waals surface area contributed by atoms with Gasteiger partial charge in [0, 0.05) is 31.9 Å². The largest absolute Gasteiger partial charge is 0.382 e. The molecule has 0 saturated heterocycles. The van der Waals surface area contributed by atoms with Gasteiger partial charge in [-0.2, -0.15) is 4.57 Å². The second-order valence-corrected chi connectivity index (χ2v) is 3.95. The average molecular weight is 237 g/mol. The molecule has 4 heteroatoms. The molecule has 0 aliphatic carbocycles. The maximum absolute atomic E-state index is 11.6. The summed E-state index contributed by atoms with van der Waals surface area (Å²) in [5, 5.41) is 2.86. The summed E-state index contributed by atoms with van der Waals surface area (Å²) in [6.07, 6.45) is 4.68. The quantitative estimate of drug-likeness (QED) is 0.563. The van der Waals surface area contributed by atoms with Crippen LogP contribution in [-0.2, 0) is 16.1 Å². The highest BCUT2D eigenvalue weighted by Crippen LogP contribution is 1.89. The van der Waals surface area contributed by atoms with E-state index in [9.17, 15) is 4.79 Å². The molecule has 0 saturated carbocycles. The van der Waals surface area contributed by atoms with Gasteiger partial charge in [-0.3, -0.25) is 4.79 Å². The number of hydrogen-bond donors (Lipinski definition) is 1. The molecule has 4 nitrogen and oxygen atoms in total. The Bertz CT molecular complexity index is 336. The van der Waals surface area contributed by atoms with E-state index in [1.807, 2.05) is 42.9 Å². The van der Waals surface area contributed by atoms with Crippen LogP contribution in [0.15, 0.2) is 24.5 Å². The van der Waals surface area contributed by atoms with Crippen molar-refractivity contribution >= 4 is 5.91 Å². The molecule has 0 spiro atoms. The summed E-state index contributed by atoms with van der Waals surface area (Å²) in [6, 6.07) is 3.98. The number of carbonyl (C=O) groups is 1. The van der Waals surface area contributed by atoms with E-state index in [0.29, 0.717) is 19.7 Å². The van der Waals surface area contributed by atoms with E-state index >= 15 is 0 Å². The van der Waals surface area contributed by atoms with E-state index in [2.05, 4.69) is 5.32 Å². The number of hydrogen-bond acceptors (Lipinski definition) is 2. The van der Waals surface area contributed by atoms with E-state index < -0.39 is 0 Å². The summed E-state index contributed by atoms with van der Waals surface area (Å²) in [4.78, 5) is 11.6. The molecular weight excluding hydrogens is 216 g/mol. The van der Waals surface area contributed by atoms with Crippen molar-refractivity contribution in [3.63, 3.8) is 0 Å². The van der Waals surface area contributed by atoms with Crippen LogP contribution >= 0.6 is 0 Å². The first-order valence-electron chi connectivity index (χ1n) is 6.02. The standard InChI is InChI=1S/C13H20N2O2/c1-3-17-10-4-7-14-13(16)11-15-8-5-12(2)6-9-15/h5-6,8-9H,3-4,7,10-11H2,1-2H3/p+1. The molecule has 1 rings (SSSR count). The van der Waals surface area contributed by atoms with Gasteiger partial charge in [-0.25, -0.2) is 0 Å². The van der Waals surface area contributed by atoms with Gasteiger partial charge in [0.15, 0.2) is 12.4 Å². The highest BCUT2D eigenvalue weighted by atomic mass is 16.5. The Hall–Kier alpha value is -1.42. The number of rotatable bonds is 7. The zero-order valence-electron chi connectivity index (χ0n) is 10.6. The second-order valence-electron chi connectivity index (χ2n) is 3.95. The van der Waals surface area contributed by atoms with Crippen molar-refractivity contribution in [2.75, 3.05) is 19.8 Å². The molecule has 0 aliphatic rings. The molecule has 94 valence electrons. The molecule has 0 bridgehead atoms. The molecule has 1 aromatic heterocycles. The number of pyridine rings is 1. The van der Waals surface area contributed by atoms with Crippen molar-refractivity contribution in [3.05, 3.63) is 30.1 Å². The molecule has 0 unspecified atom stereocenters. The Morgan fingerprint density at radius 3 is 2.76 bits per heavy atom. The summed E-state index contributed by atoms with van der Waals surface area (Å²) >= 11 is 0. The molecule has 1 N–H and O–H groups in total. The zero-order valence-corrected chi connectivity index (χ0v) is 10.6. The number of aryl methyl sites for hydroxylation is 1. The van der Waals surface area contributed by atoms with Crippen LogP contribution < -0.4 is 9.88 Å². The average Bonchev–Trinajstić information content (AvgIpc) is 2.32. The fourth-order valence-electron chi connectivity index (χ4n) is 1.41. The Kier molecular flexibility index (Phi) is 6.25. The molecule has 0 aromatic carbocycles. The van der Waals surface area contributed by atoms with Crippen molar-refractivity contribution in [1.29, 1.82) is 0 Å². The smallest absolute Gasteiger partial charge is 0.285 e. The van der Waals surface area contributed by atoms with E-state index in [1.54, 1.807) is 0 Å². The van der Waals surface area contributed by atoms with Gasteiger partial charge < -0.3 is 10.1 Å². The number of carbonyl (C=O) groups excluding carboxylic acids is 1. The molecule has 0 radical (unpaired) electrons. The summed E-state index contributed by atoms with van der Waals surface area (Å²) in [7, 11) is 0. The van der Waals surface area contributed by atoms with Gasteiger partial charge >= 0.3 is 0 Å². The van der Waals surface area contributed by atoms with Crippen LogP contribution in [0.4, 0.5) is 0 Å². The van der Waals surface area contributed by atoms with E-state index in [-0.39, 0.29) is 5.91 Å². The Morgan fingerprint density at radius 2 is 2.12 bits per heavy atom. The SMILES string of the molecule is CCOCCCNC(=O)C[n+]1ccc(C)cc1. The van der Waals surface area contributed by atoms with Gasteiger partial charge in [-0.05, 0) is 25.8 Å². The summed E-state index contributed by atoms with van der Waals surface area (Å²) in [5.74, 6) is 0.0374. The predicted octanol–water partition coefficient (Wildman–Crippen LogP) is 0.825. The van der Waals surface area contributed by atoms with Crippen LogP contribution in [0.2, 0.25) is 0 Å². The maximum Gasteiger partial charge on any atom is 0.285 e. The van der Waals surface area contributed by atoms with Crippen molar-refractivity contribution in [1.82, 2.24) is 5.32 Å². The lowest BCUT2D eigenvalue weighted by Crippen LogP contribution is -2.42. The minimum Gasteiger partial charge on any atom is -0.382 e. The highest BCUT2D eigenvalue weighted by Gasteiger charge is 2.07. The van der Waals surface area contributed by atoms with Gasteiger partial charge in [-0.15, -0.1) is 0 Å². The predicted molar refractivity (Wildman–Crippen MR) is 65.5 cm³/mol. The fraction of sp³-hybridized carbons (Fsp3) is 0.538. The first kappa shape index (κ1) is 13.6. The lowest BCUT2D eigenvalue weighted by atomic mass is 10.3. The number of ether oxygens (including phenoxy) is 1. The second kappa shape index (κ2) is 7.79. The maximum atomic E-state index is 11.6. The summed E-state index contributed by atoms with van der Waals surface area (Å²) in [5.41, 5.74) is 1.19. The molecule has 1 heterocycles. The first-order valence-corrected chi connectivity index (χ1v) is 6.02. The molecule has 0 atom stereocenters. The number of nitrogens with zero attached hydrogens (tertiary/aromatic N) is 1. The van der Waals surface area contributed by atoms with E-state index in [4.69, 9.17) is 4.74 Å². The normalized spacial score (nSPS) is 10.2. The molecule has 1 aromatic rings. The van der Waals surface area contributed by atoms with Crippen LogP contribution in [0.1, 0.15) is 18.9 Å². The molecule has 0 aliphatic heterocycles. The van der Waals surface area contributed by atoms with Gasteiger partial charge in [-0.1, -0.05) is 0 Å². The third kappa shape index (κ3) is 6.02. The summed E-state index contributed by atoms with van der Waals surface area (Å²) < 4.78 is 7.06. The zero-order chi connectivity index (χ0) is 12.5. The van der Waals surface area contributed by atoms with Gasteiger partial charge in [0.25, 0.3) is 5.91 Å².